The minimum atomic E-state index is -0.819. The number of benzene rings is 2. The Kier molecular flexibility index (Phi) is 6.58. The van der Waals surface area contributed by atoms with Gasteiger partial charge in [-0.25, -0.2) is 4.39 Å². The maximum atomic E-state index is 14.1. The molecule has 0 radical (unpaired) electrons. The van der Waals surface area contributed by atoms with Gasteiger partial charge < -0.3 is 14.3 Å². The maximum absolute atomic E-state index is 14.1. The van der Waals surface area contributed by atoms with E-state index >= 15 is 0 Å². The molecule has 4 rings (SSSR count). The molecule has 33 heavy (non-hydrogen) atoms. The lowest BCUT2D eigenvalue weighted by atomic mass is 9.75. The van der Waals surface area contributed by atoms with Crippen LogP contribution in [0, 0.1) is 11.2 Å². The molecule has 1 atom stereocenters. The molecule has 0 aliphatic carbocycles. The van der Waals surface area contributed by atoms with E-state index in [1.54, 1.807) is 42.1 Å². The largest absolute Gasteiger partial charge is 0.361 e. The summed E-state index contributed by atoms with van der Waals surface area (Å²) in [6, 6.07) is 17.9. The van der Waals surface area contributed by atoms with E-state index in [9.17, 15) is 14.0 Å². The summed E-state index contributed by atoms with van der Waals surface area (Å²) in [7, 11) is 3.44. The van der Waals surface area contributed by atoms with Crippen LogP contribution in [0.5, 0.6) is 0 Å². The summed E-state index contributed by atoms with van der Waals surface area (Å²) in [6.45, 7) is 0.806. The van der Waals surface area contributed by atoms with Crippen molar-refractivity contribution in [2.24, 2.45) is 5.41 Å². The molecule has 1 aromatic heterocycles. The zero-order valence-electron chi connectivity index (χ0n) is 19.0. The Morgan fingerprint density at radius 3 is 2.58 bits per heavy atom. The number of amides is 2. The fraction of sp³-hybridized carbons (Fsp3) is 0.346. The summed E-state index contributed by atoms with van der Waals surface area (Å²) < 4.78 is 19.7. The van der Waals surface area contributed by atoms with Crippen LogP contribution < -0.4 is 0 Å². The SMILES string of the molecule is CN(C)C(=O)[C@@]1(Cc2cc(-c3ccccc3)no2)CCCN(C(=O)Cc2ccccc2F)C1. The van der Waals surface area contributed by atoms with E-state index in [0.717, 1.165) is 5.56 Å². The quantitative estimate of drug-likeness (QED) is 0.571. The van der Waals surface area contributed by atoms with Crippen LogP contribution >= 0.6 is 0 Å². The van der Waals surface area contributed by atoms with Crippen LogP contribution in [0.3, 0.4) is 0 Å². The molecule has 0 spiro atoms. The summed E-state index contributed by atoms with van der Waals surface area (Å²) in [4.78, 5) is 29.6. The van der Waals surface area contributed by atoms with E-state index in [1.165, 1.54) is 6.07 Å². The minimum absolute atomic E-state index is 0.0284. The highest BCUT2D eigenvalue weighted by atomic mass is 19.1. The number of rotatable bonds is 6. The van der Waals surface area contributed by atoms with E-state index in [2.05, 4.69) is 5.16 Å². The van der Waals surface area contributed by atoms with Gasteiger partial charge in [0.25, 0.3) is 0 Å². The molecule has 1 aliphatic rings. The number of carbonyl (C=O) groups is 2. The third kappa shape index (κ3) is 4.97. The third-order valence-electron chi connectivity index (χ3n) is 6.23. The number of halogens is 1. The van der Waals surface area contributed by atoms with E-state index in [0.29, 0.717) is 42.8 Å². The Bertz CT molecular complexity index is 1130. The van der Waals surface area contributed by atoms with Gasteiger partial charge in [0.15, 0.2) is 0 Å². The van der Waals surface area contributed by atoms with Gasteiger partial charge in [-0.15, -0.1) is 0 Å². The van der Waals surface area contributed by atoms with E-state index < -0.39 is 11.2 Å². The Balaban J connectivity index is 1.56. The van der Waals surface area contributed by atoms with Crippen LogP contribution in [-0.2, 0) is 22.4 Å². The summed E-state index contributed by atoms with van der Waals surface area (Å²) in [5.74, 6) is -0.0251. The number of nitrogens with zero attached hydrogens (tertiary/aromatic N) is 3. The molecular weight excluding hydrogens is 421 g/mol. The number of hydrogen-bond donors (Lipinski definition) is 0. The van der Waals surface area contributed by atoms with Crippen molar-refractivity contribution in [3.63, 3.8) is 0 Å². The van der Waals surface area contributed by atoms with E-state index in [4.69, 9.17) is 4.52 Å². The fourth-order valence-electron chi connectivity index (χ4n) is 4.60. The molecule has 0 unspecified atom stereocenters. The molecular formula is C26H28FN3O3. The van der Waals surface area contributed by atoms with Crippen molar-refractivity contribution in [3.8, 4) is 11.3 Å². The first-order chi connectivity index (χ1) is 15.9. The van der Waals surface area contributed by atoms with Gasteiger partial charge in [-0.1, -0.05) is 53.7 Å². The zero-order valence-corrected chi connectivity index (χ0v) is 19.0. The van der Waals surface area contributed by atoms with Crippen LogP contribution in [-0.4, -0.2) is 54.0 Å². The summed E-state index contributed by atoms with van der Waals surface area (Å²) in [6.07, 6.45) is 1.63. The topological polar surface area (TPSA) is 66.7 Å². The normalized spacial score (nSPS) is 18.2. The highest BCUT2D eigenvalue weighted by Gasteiger charge is 2.45. The molecule has 7 heteroatoms. The molecule has 3 aromatic rings. The first-order valence-electron chi connectivity index (χ1n) is 11.1. The van der Waals surface area contributed by atoms with Crippen molar-refractivity contribution in [1.82, 2.24) is 15.0 Å². The van der Waals surface area contributed by atoms with Gasteiger partial charge in [0.2, 0.25) is 11.8 Å². The first kappa shape index (κ1) is 22.7. The van der Waals surface area contributed by atoms with Crippen LogP contribution in [0.1, 0.15) is 24.2 Å². The standard InChI is InChI=1S/C26H28FN3O3/c1-29(2)25(32)26(17-21-16-23(28-33-21)19-9-4-3-5-10-19)13-8-14-30(18-26)24(31)15-20-11-6-7-12-22(20)27/h3-7,9-12,16H,8,13-15,17-18H2,1-2H3/t26-/m1/s1. The molecule has 1 fully saturated rings. The van der Waals surface area contributed by atoms with Gasteiger partial charge >= 0.3 is 0 Å². The van der Waals surface area contributed by atoms with Gasteiger partial charge in [-0.05, 0) is 24.5 Å². The predicted octanol–water partition coefficient (Wildman–Crippen LogP) is 3.96. The van der Waals surface area contributed by atoms with Gasteiger partial charge in [-0.2, -0.15) is 0 Å². The molecule has 1 saturated heterocycles. The maximum Gasteiger partial charge on any atom is 0.230 e. The number of carbonyl (C=O) groups excluding carboxylic acids is 2. The summed E-state index contributed by atoms with van der Waals surface area (Å²) in [5.41, 5.74) is 1.19. The lowest BCUT2D eigenvalue weighted by molar-refractivity contribution is -0.147. The van der Waals surface area contributed by atoms with Crippen molar-refractivity contribution in [2.75, 3.05) is 27.2 Å². The lowest BCUT2D eigenvalue weighted by Crippen LogP contribution is -2.54. The number of aromatic nitrogens is 1. The zero-order chi connectivity index (χ0) is 23.4. The smallest absolute Gasteiger partial charge is 0.230 e. The van der Waals surface area contributed by atoms with Crippen LogP contribution in [0.4, 0.5) is 4.39 Å². The van der Waals surface area contributed by atoms with E-state index in [-0.39, 0.29) is 24.8 Å². The predicted molar refractivity (Wildman–Crippen MR) is 123 cm³/mol. The minimum Gasteiger partial charge on any atom is -0.361 e. The Labute approximate surface area is 193 Å². The average Bonchev–Trinajstić information content (AvgIpc) is 3.29. The van der Waals surface area contributed by atoms with E-state index in [1.807, 2.05) is 36.4 Å². The van der Waals surface area contributed by atoms with Gasteiger partial charge in [-0.3, -0.25) is 9.59 Å². The van der Waals surface area contributed by atoms with Crippen LogP contribution in [0.15, 0.2) is 65.2 Å². The molecule has 172 valence electrons. The van der Waals surface area contributed by atoms with Crippen molar-refractivity contribution < 1.29 is 18.5 Å². The average molecular weight is 450 g/mol. The third-order valence-corrected chi connectivity index (χ3v) is 6.23. The Morgan fingerprint density at radius 2 is 1.85 bits per heavy atom. The molecule has 6 nitrogen and oxygen atoms in total. The number of piperidine rings is 1. The molecule has 2 amide bonds. The van der Waals surface area contributed by atoms with Gasteiger partial charge in [0.1, 0.15) is 17.3 Å². The molecule has 0 bridgehead atoms. The monoisotopic (exact) mass is 449 g/mol. The number of hydrogen-bond acceptors (Lipinski definition) is 4. The van der Waals surface area contributed by atoms with Gasteiger partial charge in [0.05, 0.1) is 11.8 Å². The molecule has 0 saturated carbocycles. The second-order valence-electron chi connectivity index (χ2n) is 8.89. The molecule has 2 heterocycles. The van der Waals surface area contributed by atoms with Crippen molar-refractivity contribution >= 4 is 11.8 Å². The molecule has 2 aromatic carbocycles. The summed E-state index contributed by atoms with van der Waals surface area (Å²) in [5, 5.41) is 4.18. The first-order valence-corrected chi connectivity index (χ1v) is 11.1. The van der Waals surface area contributed by atoms with Crippen molar-refractivity contribution in [1.29, 1.82) is 0 Å². The molecule has 0 N–H and O–H groups in total. The Hall–Kier alpha value is -3.48. The highest BCUT2D eigenvalue weighted by molar-refractivity contribution is 5.85. The lowest BCUT2D eigenvalue weighted by Gasteiger charge is -2.42. The highest BCUT2D eigenvalue weighted by Crippen LogP contribution is 2.36. The number of likely N-dealkylation sites (tertiary alicyclic amines) is 1. The Morgan fingerprint density at radius 1 is 1.12 bits per heavy atom. The second-order valence-corrected chi connectivity index (χ2v) is 8.89. The van der Waals surface area contributed by atoms with Crippen LogP contribution in [0.2, 0.25) is 0 Å². The van der Waals surface area contributed by atoms with Crippen molar-refractivity contribution in [2.45, 2.75) is 25.7 Å². The molecule has 1 aliphatic heterocycles. The van der Waals surface area contributed by atoms with Crippen molar-refractivity contribution in [3.05, 3.63) is 77.8 Å². The van der Waals surface area contributed by atoms with Gasteiger partial charge in [0, 0.05) is 45.2 Å². The van der Waals surface area contributed by atoms with Crippen LogP contribution in [0.25, 0.3) is 11.3 Å². The summed E-state index contributed by atoms with van der Waals surface area (Å²) >= 11 is 0. The second kappa shape index (κ2) is 9.57. The fourth-order valence-corrected chi connectivity index (χ4v) is 4.60.